The maximum atomic E-state index is 12.4. The van der Waals surface area contributed by atoms with Crippen molar-refractivity contribution in [3.63, 3.8) is 0 Å². The van der Waals surface area contributed by atoms with Crippen LogP contribution in [0, 0.1) is 10.1 Å². The van der Waals surface area contributed by atoms with Crippen LogP contribution in [0.5, 0.6) is 5.75 Å². The summed E-state index contributed by atoms with van der Waals surface area (Å²) >= 11 is 0. The number of hydrogen-bond acceptors (Lipinski definition) is 5. The molecule has 1 aromatic rings. The number of halogens is 3. The topological polar surface area (TPSA) is 58.9 Å². The van der Waals surface area contributed by atoms with Crippen LogP contribution in [0.1, 0.15) is 0 Å². The maximum Gasteiger partial charge on any atom is 0.401 e. The van der Waals surface area contributed by atoms with Gasteiger partial charge in [0, 0.05) is 32.2 Å². The minimum atomic E-state index is -4.20. The van der Waals surface area contributed by atoms with Crippen LogP contribution in [0.2, 0.25) is 0 Å². The molecule has 1 fully saturated rings. The number of nitro groups is 1. The highest BCUT2D eigenvalue weighted by atomic mass is 19.4. The van der Waals surface area contributed by atoms with Gasteiger partial charge in [0.15, 0.2) is 0 Å². The molecule has 0 unspecified atom stereocenters. The van der Waals surface area contributed by atoms with Crippen LogP contribution < -0.4 is 9.64 Å². The van der Waals surface area contributed by atoms with Gasteiger partial charge in [0.25, 0.3) is 5.69 Å². The summed E-state index contributed by atoms with van der Waals surface area (Å²) in [5, 5.41) is 10.8. The number of alkyl halides is 3. The molecule has 6 nitrogen and oxygen atoms in total. The zero-order valence-electron chi connectivity index (χ0n) is 12.0. The molecule has 0 bridgehead atoms. The van der Waals surface area contributed by atoms with Crippen LogP contribution in [0.3, 0.4) is 0 Å². The Bertz CT molecular complexity index is 543. The quantitative estimate of drug-likeness (QED) is 0.629. The highest BCUT2D eigenvalue weighted by Gasteiger charge is 2.32. The summed E-state index contributed by atoms with van der Waals surface area (Å²) in [5.74, 6) is 0.346. The fourth-order valence-corrected chi connectivity index (χ4v) is 2.44. The minimum Gasteiger partial charge on any atom is -0.494 e. The molecule has 1 aliphatic rings. The normalized spacial score (nSPS) is 16.6. The number of non-ortho nitro benzene ring substituents is 1. The number of anilines is 1. The molecule has 1 saturated heterocycles. The van der Waals surface area contributed by atoms with E-state index in [1.54, 1.807) is 6.07 Å². The zero-order valence-corrected chi connectivity index (χ0v) is 12.0. The molecule has 0 aromatic heterocycles. The Morgan fingerprint density at radius 2 is 1.91 bits per heavy atom. The lowest BCUT2D eigenvalue weighted by Crippen LogP contribution is -2.49. The Hall–Kier alpha value is -2.03. The number of piperazine rings is 1. The summed E-state index contributed by atoms with van der Waals surface area (Å²) in [7, 11) is 1.41. The molecule has 1 heterocycles. The number of benzene rings is 1. The fourth-order valence-electron chi connectivity index (χ4n) is 2.44. The first-order valence-electron chi connectivity index (χ1n) is 6.66. The SMILES string of the molecule is COc1cc([N+](=O)[O-])ccc1N1CCN(CC(F)(F)F)CC1. The number of nitrogens with zero attached hydrogens (tertiary/aromatic N) is 3. The molecule has 0 radical (unpaired) electrons. The van der Waals surface area contributed by atoms with Crippen molar-refractivity contribution >= 4 is 11.4 Å². The summed E-state index contributed by atoms with van der Waals surface area (Å²) < 4.78 is 42.2. The van der Waals surface area contributed by atoms with Gasteiger partial charge in [-0.3, -0.25) is 15.0 Å². The second kappa shape index (κ2) is 6.39. The van der Waals surface area contributed by atoms with Crippen LogP contribution in [-0.2, 0) is 0 Å². The molecule has 0 saturated carbocycles. The van der Waals surface area contributed by atoms with Gasteiger partial charge < -0.3 is 9.64 Å². The molecular weight excluding hydrogens is 303 g/mol. The third-order valence-corrected chi connectivity index (χ3v) is 3.49. The van der Waals surface area contributed by atoms with Crippen molar-refractivity contribution in [2.24, 2.45) is 0 Å². The van der Waals surface area contributed by atoms with E-state index in [1.807, 2.05) is 4.90 Å². The second-order valence-electron chi connectivity index (χ2n) is 4.99. The van der Waals surface area contributed by atoms with Gasteiger partial charge in [-0.2, -0.15) is 13.2 Å². The molecule has 0 N–H and O–H groups in total. The predicted octanol–water partition coefficient (Wildman–Crippen LogP) is 2.29. The third-order valence-electron chi connectivity index (χ3n) is 3.49. The van der Waals surface area contributed by atoms with Gasteiger partial charge in [-0.25, -0.2) is 0 Å². The summed E-state index contributed by atoms with van der Waals surface area (Å²) in [6.07, 6.45) is -4.20. The van der Waals surface area contributed by atoms with Crippen molar-refractivity contribution < 1.29 is 22.8 Å². The highest BCUT2D eigenvalue weighted by molar-refractivity contribution is 5.62. The van der Waals surface area contributed by atoms with E-state index < -0.39 is 17.6 Å². The summed E-state index contributed by atoms with van der Waals surface area (Å²) in [4.78, 5) is 13.4. The Balaban J connectivity index is 2.06. The number of nitro benzene ring substituents is 1. The number of methoxy groups -OCH3 is 1. The molecule has 0 amide bonds. The monoisotopic (exact) mass is 319 g/mol. The van der Waals surface area contributed by atoms with Gasteiger partial charge in [-0.1, -0.05) is 0 Å². The van der Waals surface area contributed by atoms with Gasteiger partial charge in [0.05, 0.1) is 30.3 Å². The van der Waals surface area contributed by atoms with Crippen molar-refractivity contribution in [3.8, 4) is 5.75 Å². The van der Waals surface area contributed by atoms with E-state index in [0.29, 0.717) is 24.5 Å². The molecule has 1 aliphatic heterocycles. The summed E-state index contributed by atoms with van der Waals surface area (Å²) in [5.41, 5.74) is 0.566. The lowest BCUT2D eigenvalue weighted by atomic mass is 10.2. The van der Waals surface area contributed by atoms with E-state index >= 15 is 0 Å². The van der Waals surface area contributed by atoms with Gasteiger partial charge in [0.1, 0.15) is 5.75 Å². The Morgan fingerprint density at radius 1 is 1.27 bits per heavy atom. The number of rotatable bonds is 4. The average molecular weight is 319 g/mol. The molecule has 2 rings (SSSR count). The Labute approximate surface area is 125 Å². The first-order chi connectivity index (χ1) is 10.3. The molecule has 0 atom stereocenters. The van der Waals surface area contributed by atoms with Crippen LogP contribution >= 0.6 is 0 Å². The van der Waals surface area contributed by atoms with E-state index in [1.165, 1.54) is 24.1 Å². The zero-order chi connectivity index (χ0) is 16.3. The largest absolute Gasteiger partial charge is 0.494 e. The van der Waals surface area contributed by atoms with E-state index in [0.717, 1.165) is 0 Å². The number of hydrogen-bond donors (Lipinski definition) is 0. The average Bonchev–Trinajstić information content (AvgIpc) is 2.45. The number of ether oxygens (including phenoxy) is 1. The third kappa shape index (κ3) is 4.00. The molecule has 22 heavy (non-hydrogen) atoms. The Morgan fingerprint density at radius 3 is 2.41 bits per heavy atom. The predicted molar refractivity (Wildman–Crippen MR) is 74.4 cm³/mol. The molecule has 9 heteroatoms. The van der Waals surface area contributed by atoms with Crippen LogP contribution in [-0.4, -0.2) is 55.8 Å². The standard InChI is InChI=1S/C13H16F3N3O3/c1-22-12-8-10(19(20)21)2-3-11(12)18-6-4-17(5-7-18)9-13(14,15)16/h2-3,8H,4-7,9H2,1H3. The fraction of sp³-hybridized carbons (Fsp3) is 0.538. The first kappa shape index (κ1) is 16.3. The van der Waals surface area contributed by atoms with Gasteiger partial charge >= 0.3 is 6.18 Å². The lowest BCUT2D eigenvalue weighted by Gasteiger charge is -2.36. The van der Waals surface area contributed by atoms with Gasteiger partial charge in [-0.05, 0) is 6.07 Å². The van der Waals surface area contributed by atoms with Crippen molar-refractivity contribution in [3.05, 3.63) is 28.3 Å². The highest BCUT2D eigenvalue weighted by Crippen LogP contribution is 2.32. The molecular formula is C13H16F3N3O3. The summed E-state index contributed by atoms with van der Waals surface area (Å²) in [6.45, 7) is 0.450. The lowest BCUT2D eigenvalue weighted by molar-refractivity contribution is -0.384. The molecule has 1 aromatic carbocycles. The smallest absolute Gasteiger partial charge is 0.401 e. The minimum absolute atomic E-state index is 0.0868. The van der Waals surface area contributed by atoms with Crippen molar-refractivity contribution in [1.82, 2.24) is 4.90 Å². The molecule has 0 spiro atoms. The second-order valence-corrected chi connectivity index (χ2v) is 4.99. The van der Waals surface area contributed by atoms with Gasteiger partial charge in [-0.15, -0.1) is 0 Å². The van der Waals surface area contributed by atoms with Crippen LogP contribution in [0.15, 0.2) is 18.2 Å². The first-order valence-corrected chi connectivity index (χ1v) is 6.66. The maximum absolute atomic E-state index is 12.4. The van der Waals surface area contributed by atoms with Crippen molar-refractivity contribution in [2.75, 3.05) is 44.7 Å². The van der Waals surface area contributed by atoms with Crippen molar-refractivity contribution in [2.45, 2.75) is 6.18 Å². The van der Waals surface area contributed by atoms with E-state index in [4.69, 9.17) is 4.74 Å². The van der Waals surface area contributed by atoms with E-state index in [9.17, 15) is 23.3 Å². The summed E-state index contributed by atoms with van der Waals surface area (Å²) in [6, 6.07) is 4.24. The Kier molecular flexibility index (Phi) is 4.74. The van der Waals surface area contributed by atoms with Crippen molar-refractivity contribution in [1.29, 1.82) is 0 Å². The van der Waals surface area contributed by atoms with Crippen LogP contribution in [0.25, 0.3) is 0 Å². The van der Waals surface area contributed by atoms with Crippen LogP contribution in [0.4, 0.5) is 24.5 Å². The van der Waals surface area contributed by atoms with E-state index in [-0.39, 0.29) is 18.8 Å². The van der Waals surface area contributed by atoms with Gasteiger partial charge in [0.2, 0.25) is 0 Å². The van der Waals surface area contributed by atoms with E-state index in [2.05, 4.69) is 0 Å². The molecule has 0 aliphatic carbocycles. The molecule has 122 valence electrons.